The van der Waals surface area contributed by atoms with Gasteiger partial charge < -0.3 is 9.80 Å². The van der Waals surface area contributed by atoms with Crippen molar-refractivity contribution in [1.82, 2.24) is 24.6 Å². The van der Waals surface area contributed by atoms with Crippen LogP contribution in [-0.2, 0) is 18.4 Å². The van der Waals surface area contributed by atoms with Crippen LogP contribution >= 0.6 is 0 Å². The summed E-state index contributed by atoms with van der Waals surface area (Å²) in [7, 11) is 1.51. The van der Waals surface area contributed by atoms with Crippen molar-refractivity contribution in [3.05, 3.63) is 47.5 Å². The first-order valence-electron chi connectivity index (χ1n) is 9.69. The zero-order chi connectivity index (χ0) is 20.6. The molecule has 0 aromatic carbocycles. The van der Waals surface area contributed by atoms with Gasteiger partial charge in [-0.15, -0.1) is 0 Å². The highest BCUT2D eigenvalue weighted by molar-refractivity contribution is 5.96. The normalized spacial score (nSPS) is 22.1. The summed E-state index contributed by atoms with van der Waals surface area (Å²) >= 11 is 0. The molecule has 29 heavy (non-hydrogen) atoms. The third kappa shape index (κ3) is 3.61. The first-order valence-corrected chi connectivity index (χ1v) is 9.69. The Bertz CT molecular complexity index is 917. The summed E-state index contributed by atoms with van der Waals surface area (Å²) in [5.41, 5.74) is -0.215. The second-order valence-corrected chi connectivity index (χ2v) is 7.85. The molecule has 0 saturated carbocycles. The lowest BCUT2D eigenvalue weighted by molar-refractivity contribution is -0.138. The van der Waals surface area contributed by atoms with E-state index in [0.717, 1.165) is 5.56 Å². The molecule has 2 fully saturated rings. The summed E-state index contributed by atoms with van der Waals surface area (Å²) < 4.78 is 27.8. The minimum Gasteiger partial charge on any atom is -0.338 e. The average molecular weight is 403 g/mol. The fraction of sp³-hybridized carbons (Fsp3) is 0.500. The number of rotatable bonds is 4. The van der Waals surface area contributed by atoms with Gasteiger partial charge in [-0.25, -0.2) is 8.78 Å². The summed E-state index contributed by atoms with van der Waals surface area (Å²) in [6.07, 6.45) is 3.94. The monoisotopic (exact) mass is 403 g/mol. The second kappa shape index (κ2) is 7.53. The number of piperidine rings is 1. The first kappa shape index (κ1) is 19.5. The van der Waals surface area contributed by atoms with Crippen molar-refractivity contribution in [3.8, 4) is 0 Å². The zero-order valence-corrected chi connectivity index (χ0v) is 16.2. The highest BCUT2D eigenvalue weighted by Crippen LogP contribution is 2.41. The van der Waals surface area contributed by atoms with Crippen molar-refractivity contribution in [2.24, 2.45) is 12.5 Å². The molecule has 0 aliphatic carbocycles. The Labute approximate surface area is 167 Å². The minimum absolute atomic E-state index is 0.0343. The quantitative estimate of drug-likeness (QED) is 0.786. The number of nitrogens with zero attached hydrogens (tertiary/aromatic N) is 5. The van der Waals surface area contributed by atoms with Crippen LogP contribution in [-0.4, -0.2) is 56.0 Å². The molecule has 2 aromatic heterocycles. The van der Waals surface area contributed by atoms with Gasteiger partial charge in [-0.05, 0) is 37.0 Å². The van der Waals surface area contributed by atoms with E-state index in [4.69, 9.17) is 0 Å². The number of aryl methyl sites for hydroxylation is 1. The van der Waals surface area contributed by atoms with Crippen molar-refractivity contribution in [2.45, 2.75) is 32.2 Å². The molecular formula is C20H23F2N5O2. The van der Waals surface area contributed by atoms with E-state index in [9.17, 15) is 18.4 Å². The lowest BCUT2D eigenvalue weighted by Crippen LogP contribution is -2.49. The SMILES string of the molecule is Cn1cc(C(=O)N2CCC[C@]3(CCN(Cc4ccncc4)C3=O)C2)c(C(F)F)n1. The van der Waals surface area contributed by atoms with Gasteiger partial charge in [0.1, 0.15) is 5.69 Å². The van der Waals surface area contributed by atoms with Crippen LogP contribution in [0.25, 0.3) is 0 Å². The van der Waals surface area contributed by atoms with E-state index in [0.29, 0.717) is 38.9 Å². The molecule has 0 unspecified atom stereocenters. The van der Waals surface area contributed by atoms with Gasteiger partial charge in [0.25, 0.3) is 12.3 Å². The Balaban J connectivity index is 1.51. The Morgan fingerprint density at radius 1 is 1.24 bits per heavy atom. The summed E-state index contributed by atoms with van der Waals surface area (Å²) in [6, 6.07) is 3.76. The predicted octanol–water partition coefficient (Wildman–Crippen LogP) is 2.41. The van der Waals surface area contributed by atoms with Gasteiger partial charge in [-0.1, -0.05) is 0 Å². The van der Waals surface area contributed by atoms with Gasteiger partial charge in [0.05, 0.1) is 11.0 Å². The van der Waals surface area contributed by atoms with Crippen molar-refractivity contribution >= 4 is 11.8 Å². The van der Waals surface area contributed by atoms with E-state index >= 15 is 0 Å². The fourth-order valence-corrected chi connectivity index (χ4v) is 4.44. The highest BCUT2D eigenvalue weighted by atomic mass is 19.3. The van der Waals surface area contributed by atoms with Crippen molar-refractivity contribution in [3.63, 3.8) is 0 Å². The number of aromatic nitrogens is 3. The van der Waals surface area contributed by atoms with Crippen LogP contribution in [0.5, 0.6) is 0 Å². The molecule has 2 aliphatic heterocycles. The van der Waals surface area contributed by atoms with Gasteiger partial charge in [-0.3, -0.25) is 19.3 Å². The highest BCUT2D eigenvalue weighted by Gasteiger charge is 2.49. The summed E-state index contributed by atoms with van der Waals surface area (Å²) in [6.45, 7) is 1.85. The topological polar surface area (TPSA) is 71.3 Å². The molecule has 1 spiro atoms. The van der Waals surface area contributed by atoms with E-state index in [1.54, 1.807) is 17.3 Å². The molecule has 2 amide bonds. The number of likely N-dealkylation sites (tertiary alicyclic amines) is 2. The smallest absolute Gasteiger partial charge is 0.282 e. The van der Waals surface area contributed by atoms with Crippen LogP contribution in [0.2, 0.25) is 0 Å². The Morgan fingerprint density at radius 2 is 2.00 bits per heavy atom. The maximum absolute atomic E-state index is 13.3. The standard InChI is InChI=1S/C20H23F2N5O2/c1-25-12-15(16(24-25)17(21)22)18(28)27-9-2-5-20(13-27)6-10-26(19(20)29)11-14-3-7-23-8-4-14/h3-4,7-8,12,17H,2,5-6,9-11,13H2,1H3/t20-/m0/s1. The molecule has 0 radical (unpaired) electrons. The molecule has 1 atom stereocenters. The van der Waals surface area contributed by atoms with E-state index < -0.39 is 23.4 Å². The van der Waals surface area contributed by atoms with Crippen molar-refractivity contribution in [2.75, 3.05) is 19.6 Å². The van der Waals surface area contributed by atoms with E-state index in [-0.39, 0.29) is 18.0 Å². The molecule has 9 heteroatoms. The van der Waals surface area contributed by atoms with E-state index in [1.165, 1.54) is 17.9 Å². The summed E-state index contributed by atoms with van der Waals surface area (Å²) in [5, 5.41) is 3.73. The maximum atomic E-state index is 13.3. The van der Waals surface area contributed by atoms with Crippen molar-refractivity contribution < 1.29 is 18.4 Å². The number of alkyl halides is 2. The third-order valence-electron chi connectivity index (χ3n) is 5.88. The Morgan fingerprint density at radius 3 is 2.72 bits per heavy atom. The lowest BCUT2D eigenvalue weighted by Gasteiger charge is -2.39. The summed E-state index contributed by atoms with van der Waals surface area (Å²) in [5.74, 6) is -0.444. The van der Waals surface area contributed by atoms with Gasteiger partial charge in [0.15, 0.2) is 0 Å². The van der Waals surface area contributed by atoms with E-state index in [1.807, 2.05) is 17.0 Å². The number of hydrogen-bond acceptors (Lipinski definition) is 4. The molecule has 7 nitrogen and oxygen atoms in total. The molecule has 4 rings (SSSR count). The molecule has 0 bridgehead atoms. The molecule has 4 heterocycles. The number of halogens is 2. The van der Waals surface area contributed by atoms with Gasteiger partial charge in [0, 0.05) is 51.8 Å². The van der Waals surface area contributed by atoms with Crippen LogP contribution in [0.3, 0.4) is 0 Å². The number of carbonyl (C=O) groups excluding carboxylic acids is 2. The summed E-state index contributed by atoms with van der Waals surface area (Å²) in [4.78, 5) is 33.5. The average Bonchev–Trinajstić information content (AvgIpc) is 3.24. The Kier molecular flexibility index (Phi) is 5.06. The maximum Gasteiger partial charge on any atom is 0.282 e. The number of pyridine rings is 1. The molecular weight excluding hydrogens is 380 g/mol. The molecule has 0 N–H and O–H groups in total. The first-order chi connectivity index (χ1) is 13.9. The van der Waals surface area contributed by atoms with Gasteiger partial charge >= 0.3 is 0 Å². The van der Waals surface area contributed by atoms with Crippen LogP contribution in [0, 0.1) is 5.41 Å². The van der Waals surface area contributed by atoms with Gasteiger partial charge in [-0.2, -0.15) is 5.10 Å². The van der Waals surface area contributed by atoms with Crippen LogP contribution < -0.4 is 0 Å². The zero-order valence-electron chi connectivity index (χ0n) is 16.2. The number of amides is 2. The predicted molar refractivity (Wildman–Crippen MR) is 100 cm³/mol. The second-order valence-electron chi connectivity index (χ2n) is 7.85. The number of hydrogen-bond donors (Lipinski definition) is 0. The Hall–Kier alpha value is -2.84. The van der Waals surface area contributed by atoms with Gasteiger partial charge in [0.2, 0.25) is 5.91 Å². The lowest BCUT2D eigenvalue weighted by atomic mass is 9.78. The molecule has 2 aromatic rings. The molecule has 2 saturated heterocycles. The largest absolute Gasteiger partial charge is 0.338 e. The van der Waals surface area contributed by atoms with Crippen molar-refractivity contribution in [1.29, 1.82) is 0 Å². The third-order valence-corrected chi connectivity index (χ3v) is 5.88. The number of carbonyl (C=O) groups is 2. The van der Waals surface area contributed by atoms with Crippen LogP contribution in [0.1, 0.15) is 47.3 Å². The fourth-order valence-electron chi connectivity index (χ4n) is 4.44. The van der Waals surface area contributed by atoms with Crippen LogP contribution in [0.4, 0.5) is 8.78 Å². The molecule has 154 valence electrons. The molecule has 2 aliphatic rings. The van der Waals surface area contributed by atoms with Crippen LogP contribution in [0.15, 0.2) is 30.7 Å². The van der Waals surface area contributed by atoms with E-state index in [2.05, 4.69) is 10.1 Å². The minimum atomic E-state index is -2.82.